The molecule has 0 aliphatic carbocycles. The van der Waals surface area contributed by atoms with Gasteiger partial charge in [0.05, 0.1) is 10.6 Å². The lowest BCUT2D eigenvalue weighted by molar-refractivity contribution is -0.120. The van der Waals surface area contributed by atoms with Gasteiger partial charge in [-0.2, -0.15) is 0 Å². The zero-order chi connectivity index (χ0) is 18.6. The van der Waals surface area contributed by atoms with E-state index in [0.717, 1.165) is 39.9 Å². The van der Waals surface area contributed by atoms with Crippen LogP contribution in [-0.2, 0) is 11.3 Å². The van der Waals surface area contributed by atoms with Crippen molar-refractivity contribution < 1.29 is 4.79 Å². The third-order valence-electron chi connectivity index (χ3n) is 4.19. The van der Waals surface area contributed by atoms with Crippen LogP contribution >= 0.6 is 23.1 Å². The predicted molar refractivity (Wildman–Crippen MR) is 107 cm³/mol. The summed E-state index contributed by atoms with van der Waals surface area (Å²) in [5, 5.41) is 3.99. The fraction of sp³-hybridized carbons (Fsp3) is 0.611. The Balaban J connectivity index is 2.43. The Morgan fingerprint density at radius 2 is 2.04 bits per heavy atom. The van der Waals surface area contributed by atoms with Gasteiger partial charge in [0.2, 0.25) is 5.91 Å². The average molecular weight is 382 g/mol. The van der Waals surface area contributed by atoms with E-state index in [1.807, 2.05) is 27.7 Å². The second kappa shape index (κ2) is 8.85. The number of fused-ring (bicyclic) bond motifs is 1. The number of hydrogen-bond acceptors (Lipinski definition) is 5. The molecule has 0 saturated heterocycles. The van der Waals surface area contributed by atoms with E-state index in [4.69, 9.17) is 4.98 Å². The molecular weight excluding hydrogens is 354 g/mol. The second-order valence-electron chi connectivity index (χ2n) is 6.22. The van der Waals surface area contributed by atoms with E-state index >= 15 is 0 Å². The number of thioether (sulfide) groups is 1. The summed E-state index contributed by atoms with van der Waals surface area (Å²) in [5.41, 5.74) is 1.04. The number of amides is 1. The van der Waals surface area contributed by atoms with Crippen molar-refractivity contribution in [2.45, 2.75) is 70.8 Å². The van der Waals surface area contributed by atoms with Crippen molar-refractivity contribution in [1.82, 2.24) is 14.9 Å². The fourth-order valence-electron chi connectivity index (χ4n) is 2.52. The minimum absolute atomic E-state index is 0.0122. The zero-order valence-corrected chi connectivity index (χ0v) is 17.3. The average Bonchev–Trinajstić information content (AvgIpc) is 2.86. The molecule has 0 spiro atoms. The van der Waals surface area contributed by atoms with Crippen LogP contribution in [0, 0.1) is 13.8 Å². The number of unbranched alkanes of at least 4 members (excludes halogenated alkanes) is 1. The summed E-state index contributed by atoms with van der Waals surface area (Å²) in [6.07, 6.45) is 2.82. The van der Waals surface area contributed by atoms with Crippen LogP contribution in [0.3, 0.4) is 0 Å². The van der Waals surface area contributed by atoms with Gasteiger partial charge in [-0.1, -0.05) is 32.0 Å². The van der Waals surface area contributed by atoms with E-state index < -0.39 is 0 Å². The Morgan fingerprint density at radius 3 is 2.68 bits per heavy atom. The lowest BCUT2D eigenvalue weighted by Gasteiger charge is -2.15. The molecule has 1 atom stereocenters. The van der Waals surface area contributed by atoms with Crippen molar-refractivity contribution >= 4 is 39.2 Å². The predicted octanol–water partition coefficient (Wildman–Crippen LogP) is 3.88. The number of carbonyl (C=O) groups excluding carboxylic acids is 1. The maximum atomic E-state index is 13.0. The summed E-state index contributed by atoms with van der Waals surface area (Å²) < 4.78 is 1.75. The van der Waals surface area contributed by atoms with Gasteiger partial charge in [-0.05, 0) is 39.2 Å². The molecular formula is C18H27N3O2S2. The highest BCUT2D eigenvalue weighted by Crippen LogP contribution is 2.29. The summed E-state index contributed by atoms with van der Waals surface area (Å²) in [5.74, 6) is -0.0122. The van der Waals surface area contributed by atoms with Crippen molar-refractivity contribution in [3.8, 4) is 0 Å². The number of nitrogens with one attached hydrogen (secondary N) is 1. The Morgan fingerprint density at radius 1 is 1.32 bits per heavy atom. The summed E-state index contributed by atoms with van der Waals surface area (Å²) in [6, 6.07) is 0. The van der Waals surface area contributed by atoms with Crippen molar-refractivity contribution in [3.05, 3.63) is 20.8 Å². The molecule has 7 heteroatoms. The van der Waals surface area contributed by atoms with E-state index in [1.54, 1.807) is 15.9 Å². The van der Waals surface area contributed by atoms with Crippen LogP contribution in [-0.4, -0.2) is 27.3 Å². The summed E-state index contributed by atoms with van der Waals surface area (Å²) in [7, 11) is 0. The number of aryl methyl sites for hydroxylation is 2. The molecule has 25 heavy (non-hydrogen) atoms. The van der Waals surface area contributed by atoms with E-state index in [0.29, 0.717) is 18.2 Å². The number of hydrogen-bond donors (Lipinski definition) is 1. The highest BCUT2D eigenvalue weighted by atomic mass is 32.2. The highest BCUT2D eigenvalue weighted by Gasteiger charge is 2.21. The first-order valence-corrected chi connectivity index (χ1v) is 10.5. The molecule has 0 fully saturated rings. The van der Waals surface area contributed by atoms with E-state index in [2.05, 4.69) is 12.2 Å². The molecule has 0 bridgehead atoms. The third-order valence-corrected chi connectivity index (χ3v) is 6.38. The van der Waals surface area contributed by atoms with Gasteiger partial charge in [-0.15, -0.1) is 11.3 Å². The monoisotopic (exact) mass is 381 g/mol. The van der Waals surface area contributed by atoms with Crippen LogP contribution in [0.25, 0.3) is 10.2 Å². The van der Waals surface area contributed by atoms with Crippen LogP contribution in [0.2, 0.25) is 0 Å². The number of rotatable bonds is 8. The summed E-state index contributed by atoms with van der Waals surface area (Å²) >= 11 is 2.92. The Bertz CT molecular complexity index is 811. The largest absolute Gasteiger partial charge is 0.355 e. The molecule has 2 aromatic rings. The van der Waals surface area contributed by atoms with Crippen LogP contribution in [0.1, 0.15) is 50.5 Å². The fourth-order valence-corrected chi connectivity index (χ4v) is 4.55. The number of aromatic nitrogens is 2. The Kier molecular flexibility index (Phi) is 7.07. The van der Waals surface area contributed by atoms with Gasteiger partial charge >= 0.3 is 0 Å². The molecule has 2 rings (SSSR count). The van der Waals surface area contributed by atoms with Crippen LogP contribution in [0.15, 0.2) is 9.95 Å². The molecule has 138 valence electrons. The number of thiophene rings is 1. The quantitative estimate of drug-likeness (QED) is 0.557. The van der Waals surface area contributed by atoms with Gasteiger partial charge in [0.1, 0.15) is 4.83 Å². The normalized spacial score (nSPS) is 12.5. The highest BCUT2D eigenvalue weighted by molar-refractivity contribution is 8.00. The SMILES string of the molecule is CCCCn1c(SC(C)C(=O)NCCC)nc2sc(C)c(C)c2c1=O. The topological polar surface area (TPSA) is 64.0 Å². The van der Waals surface area contributed by atoms with Gasteiger partial charge in [0, 0.05) is 18.0 Å². The molecule has 0 aromatic carbocycles. The lowest BCUT2D eigenvalue weighted by Crippen LogP contribution is -2.32. The number of carbonyl (C=O) groups is 1. The van der Waals surface area contributed by atoms with Crippen LogP contribution in [0.4, 0.5) is 0 Å². The molecule has 0 aliphatic heterocycles. The molecule has 0 aliphatic rings. The van der Waals surface area contributed by atoms with Crippen molar-refractivity contribution in [1.29, 1.82) is 0 Å². The first-order chi connectivity index (χ1) is 11.9. The zero-order valence-electron chi connectivity index (χ0n) is 15.6. The standard InChI is InChI=1S/C18H27N3O2S2/c1-6-8-10-21-17(23)14-11(3)12(4)24-16(14)20-18(21)25-13(5)15(22)19-9-7-2/h13H,6-10H2,1-5H3,(H,19,22). The van der Waals surface area contributed by atoms with E-state index in [9.17, 15) is 9.59 Å². The van der Waals surface area contributed by atoms with Gasteiger partial charge in [-0.3, -0.25) is 14.2 Å². The lowest BCUT2D eigenvalue weighted by atomic mass is 10.2. The van der Waals surface area contributed by atoms with Crippen molar-refractivity contribution in [2.24, 2.45) is 0 Å². The number of nitrogens with zero attached hydrogens (tertiary/aromatic N) is 2. The van der Waals surface area contributed by atoms with Crippen LogP contribution in [0.5, 0.6) is 0 Å². The second-order valence-corrected chi connectivity index (χ2v) is 8.73. The van der Waals surface area contributed by atoms with Crippen LogP contribution < -0.4 is 10.9 Å². The van der Waals surface area contributed by atoms with Gasteiger partial charge in [0.15, 0.2) is 5.16 Å². The van der Waals surface area contributed by atoms with Gasteiger partial charge < -0.3 is 5.32 Å². The Hall–Kier alpha value is -1.34. The van der Waals surface area contributed by atoms with Gasteiger partial charge in [0.25, 0.3) is 5.56 Å². The smallest absolute Gasteiger partial charge is 0.263 e. The molecule has 2 aromatic heterocycles. The molecule has 1 amide bonds. The first-order valence-electron chi connectivity index (χ1n) is 8.85. The molecule has 0 radical (unpaired) electrons. The van der Waals surface area contributed by atoms with E-state index in [-0.39, 0.29) is 16.7 Å². The van der Waals surface area contributed by atoms with Gasteiger partial charge in [-0.25, -0.2) is 4.98 Å². The molecule has 2 heterocycles. The minimum Gasteiger partial charge on any atom is -0.355 e. The first kappa shape index (κ1) is 20.0. The third kappa shape index (κ3) is 4.44. The maximum Gasteiger partial charge on any atom is 0.263 e. The Labute approximate surface area is 157 Å². The maximum absolute atomic E-state index is 13.0. The summed E-state index contributed by atoms with van der Waals surface area (Å²) in [6.45, 7) is 11.3. The summed E-state index contributed by atoms with van der Waals surface area (Å²) in [4.78, 5) is 31.9. The van der Waals surface area contributed by atoms with E-state index in [1.165, 1.54) is 11.8 Å². The molecule has 1 unspecified atom stereocenters. The molecule has 0 saturated carbocycles. The minimum atomic E-state index is -0.286. The van der Waals surface area contributed by atoms with Crippen molar-refractivity contribution in [2.75, 3.05) is 6.54 Å². The molecule has 1 N–H and O–H groups in total. The molecule has 5 nitrogen and oxygen atoms in total. The van der Waals surface area contributed by atoms with Crippen molar-refractivity contribution in [3.63, 3.8) is 0 Å².